The van der Waals surface area contributed by atoms with Gasteiger partial charge in [-0.25, -0.2) is 0 Å². The summed E-state index contributed by atoms with van der Waals surface area (Å²) in [5.41, 5.74) is 2.04. The predicted molar refractivity (Wildman–Crippen MR) is 77.3 cm³/mol. The highest BCUT2D eigenvalue weighted by molar-refractivity contribution is 5.82. The SMILES string of the molecule is CC(C)(CCO)CNC(=O)C1OCCc2ccccc21. The lowest BCUT2D eigenvalue weighted by Crippen LogP contribution is -2.39. The number of nitrogens with one attached hydrogen (secondary N) is 1. The van der Waals surface area contributed by atoms with Crippen LogP contribution in [0.25, 0.3) is 0 Å². The van der Waals surface area contributed by atoms with Gasteiger partial charge < -0.3 is 15.2 Å². The fourth-order valence-corrected chi connectivity index (χ4v) is 2.42. The van der Waals surface area contributed by atoms with Crippen molar-refractivity contribution in [2.75, 3.05) is 19.8 Å². The van der Waals surface area contributed by atoms with Crippen LogP contribution in [-0.4, -0.2) is 30.8 Å². The van der Waals surface area contributed by atoms with E-state index in [2.05, 4.69) is 5.32 Å². The minimum atomic E-state index is -0.509. The van der Waals surface area contributed by atoms with Gasteiger partial charge in [-0.2, -0.15) is 0 Å². The van der Waals surface area contributed by atoms with Crippen LogP contribution in [0.1, 0.15) is 37.5 Å². The van der Waals surface area contributed by atoms with E-state index in [9.17, 15) is 4.79 Å². The number of aliphatic hydroxyl groups excluding tert-OH is 1. The molecule has 4 heteroatoms. The number of carbonyl (C=O) groups is 1. The van der Waals surface area contributed by atoms with E-state index in [1.165, 1.54) is 5.56 Å². The van der Waals surface area contributed by atoms with Crippen molar-refractivity contribution in [3.05, 3.63) is 35.4 Å². The van der Waals surface area contributed by atoms with Gasteiger partial charge in [0.25, 0.3) is 5.91 Å². The van der Waals surface area contributed by atoms with Crippen LogP contribution in [0.3, 0.4) is 0 Å². The van der Waals surface area contributed by atoms with Gasteiger partial charge in [-0.15, -0.1) is 0 Å². The highest BCUT2D eigenvalue weighted by Crippen LogP contribution is 2.27. The monoisotopic (exact) mass is 277 g/mol. The van der Waals surface area contributed by atoms with Crippen molar-refractivity contribution >= 4 is 5.91 Å². The second-order valence-corrected chi connectivity index (χ2v) is 6.06. The number of benzene rings is 1. The molecule has 110 valence electrons. The molecule has 1 amide bonds. The first-order chi connectivity index (χ1) is 9.53. The molecule has 0 spiro atoms. The maximum absolute atomic E-state index is 12.3. The van der Waals surface area contributed by atoms with E-state index >= 15 is 0 Å². The number of rotatable bonds is 5. The summed E-state index contributed by atoms with van der Waals surface area (Å²) in [4.78, 5) is 12.3. The van der Waals surface area contributed by atoms with E-state index in [4.69, 9.17) is 9.84 Å². The van der Waals surface area contributed by atoms with E-state index in [0.29, 0.717) is 19.6 Å². The van der Waals surface area contributed by atoms with Crippen molar-refractivity contribution in [3.63, 3.8) is 0 Å². The number of amides is 1. The number of aliphatic hydroxyl groups is 1. The Balaban J connectivity index is 2.01. The Hall–Kier alpha value is -1.39. The molecule has 20 heavy (non-hydrogen) atoms. The Morgan fingerprint density at radius 1 is 1.45 bits per heavy atom. The van der Waals surface area contributed by atoms with Crippen molar-refractivity contribution in [1.29, 1.82) is 0 Å². The number of fused-ring (bicyclic) bond motifs is 1. The smallest absolute Gasteiger partial charge is 0.253 e. The quantitative estimate of drug-likeness (QED) is 0.863. The molecule has 4 nitrogen and oxygen atoms in total. The van der Waals surface area contributed by atoms with Gasteiger partial charge in [0.1, 0.15) is 0 Å². The second kappa shape index (κ2) is 6.37. The second-order valence-electron chi connectivity index (χ2n) is 6.06. The van der Waals surface area contributed by atoms with Crippen LogP contribution in [0, 0.1) is 5.41 Å². The highest BCUT2D eigenvalue weighted by atomic mass is 16.5. The molecule has 0 aliphatic carbocycles. The summed E-state index contributed by atoms with van der Waals surface area (Å²) in [5, 5.41) is 12.0. The summed E-state index contributed by atoms with van der Waals surface area (Å²) in [6, 6.07) is 7.93. The molecule has 1 aliphatic rings. The zero-order valence-corrected chi connectivity index (χ0v) is 12.2. The Kier molecular flexibility index (Phi) is 4.78. The third-order valence-corrected chi connectivity index (χ3v) is 3.76. The van der Waals surface area contributed by atoms with Crippen molar-refractivity contribution in [2.24, 2.45) is 5.41 Å². The Morgan fingerprint density at radius 2 is 2.20 bits per heavy atom. The molecule has 0 bridgehead atoms. The molecule has 0 radical (unpaired) electrons. The number of hydrogen-bond donors (Lipinski definition) is 2. The van der Waals surface area contributed by atoms with Crippen LogP contribution < -0.4 is 5.32 Å². The third kappa shape index (κ3) is 3.58. The van der Waals surface area contributed by atoms with Crippen molar-refractivity contribution in [2.45, 2.75) is 32.8 Å². The molecule has 1 aromatic rings. The van der Waals surface area contributed by atoms with Gasteiger partial charge >= 0.3 is 0 Å². The van der Waals surface area contributed by atoms with Gasteiger partial charge in [-0.3, -0.25) is 4.79 Å². The third-order valence-electron chi connectivity index (χ3n) is 3.76. The molecule has 1 aromatic carbocycles. The fraction of sp³-hybridized carbons (Fsp3) is 0.562. The topological polar surface area (TPSA) is 58.6 Å². The molecule has 2 rings (SSSR count). The minimum absolute atomic E-state index is 0.0943. The lowest BCUT2D eigenvalue weighted by atomic mass is 9.89. The van der Waals surface area contributed by atoms with Crippen molar-refractivity contribution in [1.82, 2.24) is 5.32 Å². The minimum Gasteiger partial charge on any atom is -0.396 e. The molecular formula is C16H23NO3. The average Bonchev–Trinajstić information content (AvgIpc) is 2.44. The summed E-state index contributed by atoms with van der Waals surface area (Å²) < 4.78 is 5.63. The Bertz CT molecular complexity index is 471. The maximum atomic E-state index is 12.3. The molecule has 1 unspecified atom stereocenters. The first kappa shape index (κ1) is 15.0. The lowest BCUT2D eigenvalue weighted by molar-refractivity contribution is -0.134. The molecule has 1 aliphatic heterocycles. The molecule has 0 saturated carbocycles. The summed E-state index contributed by atoms with van der Waals surface area (Å²) in [6.07, 6.45) is 1.01. The van der Waals surface area contributed by atoms with Crippen LogP contribution in [0.15, 0.2) is 24.3 Å². The molecule has 0 saturated heterocycles. The fourth-order valence-electron chi connectivity index (χ4n) is 2.42. The number of carbonyl (C=O) groups excluding carboxylic acids is 1. The standard InChI is InChI=1S/C16H23NO3/c1-16(2,8-9-18)11-17-15(19)14-13-6-4-3-5-12(13)7-10-20-14/h3-6,14,18H,7-11H2,1-2H3,(H,17,19). The average molecular weight is 277 g/mol. The largest absolute Gasteiger partial charge is 0.396 e. The van der Waals surface area contributed by atoms with Crippen LogP contribution in [-0.2, 0) is 16.0 Å². The maximum Gasteiger partial charge on any atom is 0.253 e. The van der Waals surface area contributed by atoms with Gasteiger partial charge in [0.05, 0.1) is 6.61 Å². The van der Waals surface area contributed by atoms with E-state index in [-0.39, 0.29) is 17.9 Å². The molecule has 0 aromatic heterocycles. The molecule has 0 fully saturated rings. The summed E-state index contributed by atoms with van der Waals surface area (Å²) in [6.45, 7) is 5.30. The van der Waals surface area contributed by atoms with Gasteiger partial charge in [-0.05, 0) is 29.4 Å². The lowest BCUT2D eigenvalue weighted by Gasteiger charge is -2.28. The Labute approximate surface area is 120 Å². The summed E-state index contributed by atoms with van der Waals surface area (Å²) >= 11 is 0. The van der Waals surface area contributed by atoms with Gasteiger partial charge in [0.2, 0.25) is 0 Å². The van der Waals surface area contributed by atoms with Gasteiger partial charge in [0.15, 0.2) is 6.10 Å². The Morgan fingerprint density at radius 3 is 2.95 bits per heavy atom. The van der Waals surface area contributed by atoms with Gasteiger partial charge in [-0.1, -0.05) is 38.1 Å². The number of hydrogen-bond acceptors (Lipinski definition) is 3. The van der Waals surface area contributed by atoms with Crippen LogP contribution in [0.4, 0.5) is 0 Å². The zero-order valence-electron chi connectivity index (χ0n) is 12.2. The van der Waals surface area contributed by atoms with Gasteiger partial charge in [0, 0.05) is 13.2 Å². The van der Waals surface area contributed by atoms with E-state index < -0.39 is 6.10 Å². The molecule has 1 atom stereocenters. The van der Waals surface area contributed by atoms with Crippen LogP contribution >= 0.6 is 0 Å². The summed E-state index contributed by atoms with van der Waals surface area (Å²) in [5.74, 6) is -0.0943. The van der Waals surface area contributed by atoms with E-state index in [1.807, 2.05) is 38.1 Å². The first-order valence-corrected chi connectivity index (χ1v) is 7.11. The van der Waals surface area contributed by atoms with E-state index in [0.717, 1.165) is 12.0 Å². The first-order valence-electron chi connectivity index (χ1n) is 7.11. The highest BCUT2D eigenvalue weighted by Gasteiger charge is 2.28. The van der Waals surface area contributed by atoms with E-state index in [1.54, 1.807) is 0 Å². The molecule has 1 heterocycles. The predicted octanol–water partition coefficient (Wildman–Crippen LogP) is 1.83. The van der Waals surface area contributed by atoms with Crippen molar-refractivity contribution < 1.29 is 14.6 Å². The molecular weight excluding hydrogens is 254 g/mol. The zero-order chi connectivity index (χ0) is 14.6. The van der Waals surface area contributed by atoms with Crippen molar-refractivity contribution in [3.8, 4) is 0 Å². The summed E-state index contributed by atoms with van der Waals surface area (Å²) in [7, 11) is 0. The normalized spacial score (nSPS) is 18.4. The van der Waals surface area contributed by atoms with Crippen LogP contribution in [0.5, 0.6) is 0 Å². The number of ether oxygens (including phenoxy) is 1. The molecule has 2 N–H and O–H groups in total. The van der Waals surface area contributed by atoms with Crippen LogP contribution in [0.2, 0.25) is 0 Å².